The van der Waals surface area contributed by atoms with Crippen molar-refractivity contribution in [1.82, 2.24) is 10.5 Å². The van der Waals surface area contributed by atoms with Gasteiger partial charge in [-0.1, -0.05) is 29.8 Å². The number of rotatable bonds is 5. The van der Waals surface area contributed by atoms with Crippen LogP contribution in [-0.4, -0.2) is 17.5 Å². The van der Waals surface area contributed by atoms with E-state index in [0.29, 0.717) is 28.3 Å². The predicted molar refractivity (Wildman–Crippen MR) is 80.5 cm³/mol. The van der Waals surface area contributed by atoms with Gasteiger partial charge in [-0.2, -0.15) is 0 Å². The van der Waals surface area contributed by atoms with Crippen molar-refractivity contribution in [2.45, 2.75) is 6.42 Å². The van der Waals surface area contributed by atoms with Crippen molar-refractivity contribution >= 4 is 33.4 Å². The largest absolute Gasteiger partial charge is 0.293 e. The number of amides is 1. The maximum atomic E-state index is 11.7. The molecule has 4 nitrogen and oxygen atoms in total. The topological polar surface area (TPSA) is 51.2 Å². The standard InChI is InChI=1S/C14H12BrClN2O2/c15-13-3-1-2-12(17-13)14(19)18-20-9-8-10-4-6-11(16)7-5-10/h1-7H,8-9H2,(H,18,19). The molecule has 0 saturated carbocycles. The number of carbonyl (C=O) groups excluding carboxylic acids is 1. The zero-order valence-electron chi connectivity index (χ0n) is 10.5. The number of hydrogen-bond acceptors (Lipinski definition) is 3. The Morgan fingerprint density at radius 2 is 2.00 bits per heavy atom. The minimum atomic E-state index is -0.373. The van der Waals surface area contributed by atoms with E-state index in [9.17, 15) is 4.79 Å². The van der Waals surface area contributed by atoms with E-state index in [4.69, 9.17) is 16.4 Å². The monoisotopic (exact) mass is 354 g/mol. The van der Waals surface area contributed by atoms with Gasteiger partial charge in [-0.05, 0) is 52.2 Å². The van der Waals surface area contributed by atoms with Crippen LogP contribution in [0.4, 0.5) is 0 Å². The van der Waals surface area contributed by atoms with E-state index >= 15 is 0 Å². The fourth-order valence-corrected chi connectivity index (χ4v) is 1.99. The van der Waals surface area contributed by atoms with Crippen molar-refractivity contribution < 1.29 is 9.63 Å². The number of nitrogens with zero attached hydrogens (tertiary/aromatic N) is 1. The van der Waals surface area contributed by atoms with Crippen LogP contribution in [-0.2, 0) is 11.3 Å². The summed E-state index contributed by atoms with van der Waals surface area (Å²) in [6.45, 7) is 0.376. The average molecular weight is 356 g/mol. The second-order valence-corrected chi connectivity index (χ2v) is 5.25. The van der Waals surface area contributed by atoms with Gasteiger partial charge in [-0.25, -0.2) is 10.5 Å². The number of benzene rings is 1. The molecule has 20 heavy (non-hydrogen) atoms. The molecule has 0 atom stereocenters. The maximum absolute atomic E-state index is 11.7. The number of nitrogens with one attached hydrogen (secondary N) is 1. The minimum Gasteiger partial charge on any atom is -0.273 e. The molecule has 0 fully saturated rings. The summed E-state index contributed by atoms with van der Waals surface area (Å²) in [7, 11) is 0. The first-order chi connectivity index (χ1) is 9.65. The Morgan fingerprint density at radius 3 is 2.70 bits per heavy atom. The van der Waals surface area contributed by atoms with Crippen LogP contribution in [0.2, 0.25) is 5.02 Å². The van der Waals surface area contributed by atoms with Gasteiger partial charge in [-0.15, -0.1) is 0 Å². The Labute approximate surface area is 130 Å². The smallest absolute Gasteiger partial charge is 0.273 e. The van der Waals surface area contributed by atoms with Gasteiger partial charge in [0.2, 0.25) is 0 Å². The fourth-order valence-electron chi connectivity index (χ4n) is 1.52. The van der Waals surface area contributed by atoms with Crippen LogP contribution >= 0.6 is 27.5 Å². The van der Waals surface area contributed by atoms with Crippen LogP contribution in [0, 0.1) is 0 Å². The van der Waals surface area contributed by atoms with Crippen molar-refractivity contribution in [1.29, 1.82) is 0 Å². The van der Waals surface area contributed by atoms with Gasteiger partial charge in [0.05, 0.1) is 6.61 Å². The van der Waals surface area contributed by atoms with Crippen LogP contribution in [0.5, 0.6) is 0 Å². The molecule has 0 saturated heterocycles. The zero-order chi connectivity index (χ0) is 14.4. The molecule has 0 aliphatic carbocycles. The Kier molecular flexibility index (Phi) is 5.52. The number of pyridine rings is 1. The van der Waals surface area contributed by atoms with E-state index < -0.39 is 0 Å². The van der Waals surface area contributed by atoms with Gasteiger partial charge in [0.1, 0.15) is 10.3 Å². The van der Waals surface area contributed by atoms with Crippen LogP contribution in [0.1, 0.15) is 16.1 Å². The first-order valence-corrected chi connectivity index (χ1v) is 7.11. The SMILES string of the molecule is O=C(NOCCc1ccc(Cl)cc1)c1cccc(Br)n1. The van der Waals surface area contributed by atoms with Gasteiger partial charge in [0, 0.05) is 5.02 Å². The van der Waals surface area contributed by atoms with Crippen molar-refractivity contribution in [3.05, 3.63) is 63.3 Å². The second-order valence-electron chi connectivity index (χ2n) is 4.00. The van der Waals surface area contributed by atoms with Crippen molar-refractivity contribution in [3.8, 4) is 0 Å². The van der Waals surface area contributed by atoms with E-state index in [1.54, 1.807) is 18.2 Å². The zero-order valence-corrected chi connectivity index (χ0v) is 12.8. The summed E-state index contributed by atoms with van der Waals surface area (Å²) in [5.41, 5.74) is 3.74. The lowest BCUT2D eigenvalue weighted by Gasteiger charge is -2.06. The molecular weight excluding hydrogens is 344 g/mol. The predicted octanol–water partition coefficient (Wildman–Crippen LogP) is 3.40. The van der Waals surface area contributed by atoms with Gasteiger partial charge in [-0.3, -0.25) is 9.63 Å². The van der Waals surface area contributed by atoms with Crippen LogP contribution in [0.15, 0.2) is 47.1 Å². The molecule has 1 aromatic heterocycles. The van der Waals surface area contributed by atoms with Crippen LogP contribution < -0.4 is 5.48 Å². The molecule has 1 heterocycles. The van der Waals surface area contributed by atoms with Gasteiger partial charge < -0.3 is 0 Å². The van der Waals surface area contributed by atoms with Gasteiger partial charge in [0.25, 0.3) is 5.91 Å². The highest BCUT2D eigenvalue weighted by molar-refractivity contribution is 9.10. The molecular formula is C14H12BrClN2O2. The molecule has 6 heteroatoms. The second kappa shape index (κ2) is 7.38. The Morgan fingerprint density at radius 1 is 1.25 bits per heavy atom. The third-order valence-corrected chi connectivity index (χ3v) is 3.21. The molecule has 2 rings (SSSR count). The summed E-state index contributed by atoms with van der Waals surface area (Å²) in [5, 5.41) is 0.698. The summed E-state index contributed by atoms with van der Waals surface area (Å²) in [5.74, 6) is -0.373. The molecule has 1 amide bonds. The molecule has 0 radical (unpaired) electrons. The molecule has 2 aromatic rings. The van der Waals surface area contributed by atoms with E-state index in [1.165, 1.54) is 0 Å². The molecule has 0 unspecified atom stereocenters. The molecule has 0 aliphatic heterocycles. The highest BCUT2D eigenvalue weighted by atomic mass is 79.9. The maximum Gasteiger partial charge on any atom is 0.293 e. The third-order valence-electron chi connectivity index (χ3n) is 2.52. The summed E-state index contributed by atoms with van der Waals surface area (Å²) < 4.78 is 0.603. The lowest BCUT2D eigenvalue weighted by molar-refractivity contribution is 0.0319. The van der Waals surface area contributed by atoms with Crippen molar-refractivity contribution in [2.75, 3.05) is 6.61 Å². The highest BCUT2D eigenvalue weighted by Crippen LogP contribution is 2.10. The van der Waals surface area contributed by atoms with Crippen molar-refractivity contribution in [3.63, 3.8) is 0 Å². The Bertz CT molecular complexity index is 590. The molecule has 1 N–H and O–H groups in total. The number of carbonyl (C=O) groups is 1. The summed E-state index contributed by atoms with van der Waals surface area (Å²) in [6, 6.07) is 12.6. The molecule has 0 bridgehead atoms. The normalized spacial score (nSPS) is 10.3. The number of hydroxylamine groups is 1. The molecule has 0 aliphatic rings. The van der Waals surface area contributed by atoms with Gasteiger partial charge >= 0.3 is 0 Å². The number of halogens is 2. The van der Waals surface area contributed by atoms with Gasteiger partial charge in [0.15, 0.2) is 0 Å². The number of hydrogen-bond donors (Lipinski definition) is 1. The number of aromatic nitrogens is 1. The van der Waals surface area contributed by atoms with E-state index in [1.807, 2.05) is 24.3 Å². The quantitative estimate of drug-likeness (QED) is 0.508. The summed E-state index contributed by atoms with van der Waals surface area (Å²) in [6.07, 6.45) is 0.684. The van der Waals surface area contributed by atoms with E-state index in [0.717, 1.165) is 5.56 Å². The fraction of sp³-hybridized carbons (Fsp3) is 0.143. The first-order valence-electron chi connectivity index (χ1n) is 5.94. The van der Waals surface area contributed by atoms with E-state index in [2.05, 4.69) is 26.4 Å². The lowest BCUT2D eigenvalue weighted by atomic mass is 10.2. The van der Waals surface area contributed by atoms with Crippen LogP contribution in [0.3, 0.4) is 0 Å². The third kappa shape index (κ3) is 4.59. The molecule has 1 aromatic carbocycles. The van der Waals surface area contributed by atoms with E-state index in [-0.39, 0.29) is 5.91 Å². The molecule has 0 spiro atoms. The van der Waals surface area contributed by atoms with Crippen LogP contribution in [0.25, 0.3) is 0 Å². The first kappa shape index (κ1) is 15.0. The lowest BCUT2D eigenvalue weighted by Crippen LogP contribution is -2.25. The van der Waals surface area contributed by atoms with Crippen molar-refractivity contribution in [2.24, 2.45) is 0 Å². The average Bonchev–Trinajstić information content (AvgIpc) is 2.45. The summed E-state index contributed by atoms with van der Waals surface area (Å²) in [4.78, 5) is 20.9. The minimum absolute atomic E-state index is 0.297. The highest BCUT2D eigenvalue weighted by Gasteiger charge is 2.07. The summed E-state index contributed by atoms with van der Waals surface area (Å²) >= 11 is 9.00. The Balaban J connectivity index is 1.76. The molecule has 104 valence electrons. The Hall–Kier alpha value is -1.43.